The van der Waals surface area contributed by atoms with Crippen molar-refractivity contribution in [1.29, 1.82) is 0 Å². The Labute approximate surface area is 190 Å². The van der Waals surface area contributed by atoms with Crippen LogP contribution in [0, 0.1) is 0 Å². The smallest absolute Gasteiger partial charge is 0.0737 e. The van der Waals surface area contributed by atoms with E-state index in [2.05, 4.69) is 48.3 Å². The van der Waals surface area contributed by atoms with E-state index in [1.54, 1.807) is 0 Å². The maximum Gasteiger partial charge on any atom is 0.0737 e. The van der Waals surface area contributed by atoms with Crippen molar-refractivity contribution in [1.82, 2.24) is 4.98 Å². The normalized spacial score (nSPS) is 11.1. The summed E-state index contributed by atoms with van der Waals surface area (Å²) in [6, 6.07) is 12.7. The molecule has 0 fully saturated rings. The van der Waals surface area contributed by atoms with Gasteiger partial charge in [-0.2, -0.15) is 0 Å². The first-order chi connectivity index (χ1) is 14.9. The highest BCUT2D eigenvalue weighted by Crippen LogP contribution is 2.27. The number of halogens is 1. The zero-order chi connectivity index (χ0) is 21.3. The van der Waals surface area contributed by atoms with E-state index in [4.69, 9.17) is 11.6 Å². The van der Waals surface area contributed by atoms with Gasteiger partial charge in [-0.05, 0) is 30.0 Å². The number of nitrogens with zero attached hydrogens (tertiary/aromatic N) is 1. The zero-order valence-corrected chi connectivity index (χ0v) is 19.9. The van der Waals surface area contributed by atoms with E-state index in [-0.39, 0.29) is 0 Å². The minimum absolute atomic E-state index is 0.533. The van der Waals surface area contributed by atoms with E-state index in [1.165, 1.54) is 107 Å². The molecule has 2 aromatic rings. The second-order valence-corrected chi connectivity index (χ2v) is 8.92. The van der Waals surface area contributed by atoms with E-state index in [0.29, 0.717) is 5.88 Å². The molecule has 1 heterocycles. The van der Waals surface area contributed by atoms with Crippen molar-refractivity contribution in [2.24, 2.45) is 0 Å². The molecule has 0 radical (unpaired) electrons. The second kappa shape index (κ2) is 16.4. The van der Waals surface area contributed by atoms with Crippen LogP contribution < -0.4 is 0 Å². The van der Waals surface area contributed by atoms with Crippen molar-refractivity contribution in [3.8, 4) is 11.3 Å². The van der Waals surface area contributed by atoms with Crippen LogP contribution in [0.5, 0.6) is 0 Å². The predicted octanol–water partition coefficient (Wildman–Crippen LogP) is 9.51. The molecular weight excluding hydrogens is 386 g/mol. The Balaban J connectivity index is 1.57. The minimum Gasteiger partial charge on any atom is -0.256 e. The molecule has 0 unspecified atom stereocenters. The molecule has 0 atom stereocenters. The standard InChI is InChI=1S/C28H42ClN/c1-2-3-4-5-6-7-8-9-10-11-12-13-14-15-19-25-21-18-23-30-28(25)27-22-17-16-20-26(27)24-29/h16-18,20-23H,2-15,19,24H2,1H3. The van der Waals surface area contributed by atoms with Gasteiger partial charge in [-0.15, -0.1) is 11.6 Å². The lowest BCUT2D eigenvalue weighted by Gasteiger charge is -2.11. The molecule has 0 N–H and O–H groups in total. The van der Waals surface area contributed by atoms with Gasteiger partial charge in [0.05, 0.1) is 5.69 Å². The molecule has 0 spiro atoms. The number of pyridine rings is 1. The van der Waals surface area contributed by atoms with E-state index >= 15 is 0 Å². The Kier molecular flexibility index (Phi) is 13.6. The van der Waals surface area contributed by atoms with E-state index < -0.39 is 0 Å². The first-order valence-corrected chi connectivity index (χ1v) is 13.0. The molecule has 0 saturated heterocycles. The van der Waals surface area contributed by atoms with Gasteiger partial charge in [-0.3, -0.25) is 4.98 Å². The van der Waals surface area contributed by atoms with Crippen molar-refractivity contribution < 1.29 is 0 Å². The summed E-state index contributed by atoms with van der Waals surface area (Å²) in [5.41, 5.74) is 4.82. The highest BCUT2D eigenvalue weighted by atomic mass is 35.5. The van der Waals surface area contributed by atoms with Crippen LogP contribution in [0.2, 0.25) is 0 Å². The lowest BCUT2D eigenvalue weighted by molar-refractivity contribution is 0.535. The molecule has 2 heteroatoms. The summed E-state index contributed by atoms with van der Waals surface area (Å²) >= 11 is 6.15. The molecule has 0 aliphatic carbocycles. The fourth-order valence-electron chi connectivity index (χ4n) is 4.26. The van der Waals surface area contributed by atoms with Gasteiger partial charge in [-0.25, -0.2) is 0 Å². The molecule has 166 valence electrons. The lowest BCUT2D eigenvalue weighted by Crippen LogP contribution is -1.96. The van der Waals surface area contributed by atoms with E-state index in [1.807, 2.05) is 6.20 Å². The number of unbranched alkanes of at least 4 members (excludes halogenated alkanes) is 13. The second-order valence-electron chi connectivity index (χ2n) is 8.65. The monoisotopic (exact) mass is 427 g/mol. The molecule has 1 nitrogen and oxygen atoms in total. The SMILES string of the molecule is CCCCCCCCCCCCCCCCc1cccnc1-c1ccccc1CCl. The molecule has 0 aliphatic rings. The van der Waals surface area contributed by atoms with Crippen molar-refractivity contribution in [3.05, 3.63) is 53.7 Å². The Morgan fingerprint density at radius 1 is 0.633 bits per heavy atom. The van der Waals surface area contributed by atoms with Crippen molar-refractivity contribution in [3.63, 3.8) is 0 Å². The quantitative estimate of drug-likeness (QED) is 0.181. The van der Waals surface area contributed by atoms with Gasteiger partial charge < -0.3 is 0 Å². The third kappa shape index (κ3) is 9.65. The molecule has 0 saturated carbocycles. The van der Waals surface area contributed by atoms with Crippen LogP contribution in [0.3, 0.4) is 0 Å². The number of aryl methyl sites for hydroxylation is 1. The predicted molar refractivity (Wildman–Crippen MR) is 133 cm³/mol. The van der Waals surface area contributed by atoms with Crippen molar-refractivity contribution in [2.45, 2.75) is 109 Å². The first-order valence-electron chi connectivity index (χ1n) is 12.4. The summed E-state index contributed by atoms with van der Waals surface area (Å²) in [7, 11) is 0. The van der Waals surface area contributed by atoms with E-state index in [9.17, 15) is 0 Å². The van der Waals surface area contributed by atoms with Crippen LogP contribution >= 0.6 is 11.6 Å². The van der Waals surface area contributed by atoms with Gasteiger partial charge in [0.25, 0.3) is 0 Å². The summed E-state index contributed by atoms with van der Waals surface area (Å²) < 4.78 is 0. The van der Waals surface area contributed by atoms with Gasteiger partial charge in [-0.1, -0.05) is 121 Å². The van der Waals surface area contributed by atoms with Gasteiger partial charge in [0.1, 0.15) is 0 Å². The molecule has 0 aliphatic heterocycles. The molecule has 0 bridgehead atoms. The number of benzene rings is 1. The number of alkyl halides is 1. The molecule has 0 amide bonds. The summed E-state index contributed by atoms with van der Waals surface area (Å²) in [5, 5.41) is 0. The topological polar surface area (TPSA) is 12.9 Å². The summed E-state index contributed by atoms with van der Waals surface area (Å²) in [6.07, 6.45) is 22.6. The Morgan fingerprint density at radius 3 is 1.77 bits per heavy atom. The maximum atomic E-state index is 6.15. The van der Waals surface area contributed by atoms with Gasteiger partial charge >= 0.3 is 0 Å². The fraction of sp³-hybridized carbons (Fsp3) is 0.607. The third-order valence-corrected chi connectivity index (χ3v) is 6.40. The van der Waals surface area contributed by atoms with Crippen molar-refractivity contribution in [2.75, 3.05) is 0 Å². The van der Waals surface area contributed by atoms with Crippen LogP contribution in [-0.2, 0) is 12.3 Å². The summed E-state index contributed by atoms with van der Waals surface area (Å²) in [4.78, 5) is 4.68. The van der Waals surface area contributed by atoms with Crippen LogP contribution in [0.1, 0.15) is 108 Å². The highest BCUT2D eigenvalue weighted by molar-refractivity contribution is 6.17. The van der Waals surface area contributed by atoms with Gasteiger partial charge in [0.2, 0.25) is 0 Å². The van der Waals surface area contributed by atoms with Crippen molar-refractivity contribution >= 4 is 11.6 Å². The zero-order valence-electron chi connectivity index (χ0n) is 19.2. The number of hydrogen-bond acceptors (Lipinski definition) is 1. The summed E-state index contributed by atoms with van der Waals surface area (Å²) in [6.45, 7) is 2.29. The fourth-order valence-corrected chi connectivity index (χ4v) is 4.49. The van der Waals surface area contributed by atoms with Crippen LogP contribution in [0.4, 0.5) is 0 Å². The maximum absolute atomic E-state index is 6.15. The molecule has 30 heavy (non-hydrogen) atoms. The molecule has 1 aromatic heterocycles. The number of aromatic nitrogens is 1. The van der Waals surface area contributed by atoms with Gasteiger partial charge in [0.15, 0.2) is 0 Å². The Bertz CT molecular complexity index is 682. The Morgan fingerprint density at radius 2 is 1.17 bits per heavy atom. The molecule has 1 aromatic carbocycles. The van der Waals surface area contributed by atoms with Gasteiger partial charge in [0, 0.05) is 17.6 Å². The van der Waals surface area contributed by atoms with E-state index in [0.717, 1.165) is 12.1 Å². The molecule has 2 rings (SSSR count). The highest BCUT2D eigenvalue weighted by Gasteiger charge is 2.09. The number of rotatable bonds is 17. The lowest BCUT2D eigenvalue weighted by atomic mass is 9.97. The molecular formula is C28H42ClN. The largest absolute Gasteiger partial charge is 0.256 e. The average molecular weight is 428 g/mol. The average Bonchev–Trinajstić information content (AvgIpc) is 2.79. The third-order valence-electron chi connectivity index (χ3n) is 6.11. The number of hydrogen-bond donors (Lipinski definition) is 0. The van der Waals surface area contributed by atoms with Crippen LogP contribution in [0.25, 0.3) is 11.3 Å². The first kappa shape index (κ1) is 24.9. The summed E-state index contributed by atoms with van der Waals surface area (Å²) in [5.74, 6) is 0.533. The Hall–Kier alpha value is -1.34. The van der Waals surface area contributed by atoms with Crippen LogP contribution in [0.15, 0.2) is 42.6 Å². The van der Waals surface area contributed by atoms with Crippen LogP contribution in [-0.4, -0.2) is 4.98 Å². The minimum atomic E-state index is 0.533.